The van der Waals surface area contributed by atoms with Crippen LogP contribution in [0.3, 0.4) is 0 Å². The van der Waals surface area contributed by atoms with Crippen molar-refractivity contribution >= 4 is 70.7 Å². The van der Waals surface area contributed by atoms with Gasteiger partial charge >= 0.3 is 7.69 Å². The van der Waals surface area contributed by atoms with Gasteiger partial charge in [-0.1, -0.05) is 36.4 Å². The van der Waals surface area contributed by atoms with Gasteiger partial charge < -0.3 is 9.31 Å². The van der Waals surface area contributed by atoms with E-state index in [9.17, 15) is 0 Å². The first kappa shape index (κ1) is 16.9. The molecule has 0 saturated carbocycles. The molecule has 0 unspecified atom stereocenters. The molecule has 2 nitrogen and oxygen atoms in total. The zero-order chi connectivity index (χ0) is 19.2. The standard InChI is InChI=1S/C24H14BO2S2/c1-3-7-21-17(5-1)19-13-15(9-11-23(19)28-21)26-25-27-16-10-12-24-20(14-16)18-6-2-4-8-22(18)29-24/h1-14H. The topological polar surface area (TPSA) is 18.5 Å². The zero-order valence-corrected chi connectivity index (χ0v) is 16.9. The number of fused-ring (bicyclic) bond motifs is 6. The molecule has 0 amide bonds. The van der Waals surface area contributed by atoms with E-state index < -0.39 is 0 Å². The van der Waals surface area contributed by atoms with E-state index in [1.54, 1.807) is 22.7 Å². The predicted molar refractivity (Wildman–Crippen MR) is 126 cm³/mol. The van der Waals surface area contributed by atoms with E-state index in [1.807, 2.05) is 12.1 Å². The summed E-state index contributed by atoms with van der Waals surface area (Å²) >= 11 is 3.60. The third-order valence-electron chi connectivity index (χ3n) is 5.06. The van der Waals surface area contributed by atoms with Crippen molar-refractivity contribution in [1.82, 2.24) is 0 Å². The average molecular weight is 409 g/mol. The Morgan fingerprint density at radius 1 is 0.483 bits per heavy atom. The van der Waals surface area contributed by atoms with E-state index >= 15 is 0 Å². The molecule has 0 atom stereocenters. The molecule has 0 fully saturated rings. The van der Waals surface area contributed by atoms with E-state index in [-0.39, 0.29) is 0 Å². The highest BCUT2D eigenvalue weighted by atomic mass is 32.1. The van der Waals surface area contributed by atoms with Crippen LogP contribution in [0.5, 0.6) is 11.5 Å². The second kappa shape index (κ2) is 6.80. The number of hydrogen-bond donors (Lipinski definition) is 0. The summed E-state index contributed by atoms with van der Waals surface area (Å²) in [6.45, 7) is 0. The quantitative estimate of drug-likeness (QED) is 0.282. The molecule has 0 N–H and O–H groups in total. The second-order valence-corrected chi connectivity index (χ2v) is 9.01. The number of thiophene rings is 2. The highest BCUT2D eigenvalue weighted by Crippen LogP contribution is 2.37. The van der Waals surface area contributed by atoms with Gasteiger partial charge in [0.15, 0.2) is 0 Å². The highest BCUT2D eigenvalue weighted by Gasteiger charge is 2.09. The Bertz CT molecular complexity index is 1390. The lowest BCUT2D eigenvalue weighted by Gasteiger charge is -2.07. The fourth-order valence-corrected chi connectivity index (χ4v) is 5.86. The van der Waals surface area contributed by atoms with Crippen LogP contribution in [0.25, 0.3) is 40.3 Å². The summed E-state index contributed by atoms with van der Waals surface area (Å²) < 4.78 is 16.6. The van der Waals surface area contributed by atoms with Crippen LogP contribution < -0.4 is 9.31 Å². The van der Waals surface area contributed by atoms with Crippen molar-refractivity contribution in [2.75, 3.05) is 0 Å². The van der Waals surface area contributed by atoms with Gasteiger partial charge in [-0.15, -0.1) is 22.7 Å². The first-order valence-electron chi connectivity index (χ1n) is 9.33. The third-order valence-corrected chi connectivity index (χ3v) is 7.37. The van der Waals surface area contributed by atoms with Gasteiger partial charge in [-0.25, -0.2) is 0 Å². The molecule has 2 heterocycles. The molecular weight excluding hydrogens is 395 g/mol. The van der Waals surface area contributed by atoms with Crippen molar-refractivity contribution in [2.45, 2.75) is 0 Å². The monoisotopic (exact) mass is 409 g/mol. The molecule has 137 valence electrons. The molecule has 0 aliphatic heterocycles. The first-order chi connectivity index (χ1) is 14.3. The maximum Gasteiger partial charge on any atom is 0.658 e. The Hall–Kier alpha value is -3.02. The molecule has 0 aliphatic carbocycles. The molecule has 5 heteroatoms. The minimum absolute atomic E-state index is 0.767. The Morgan fingerprint density at radius 2 is 0.931 bits per heavy atom. The van der Waals surface area contributed by atoms with E-state index in [4.69, 9.17) is 9.31 Å². The lowest BCUT2D eigenvalue weighted by molar-refractivity contribution is 0.460. The summed E-state index contributed by atoms with van der Waals surface area (Å²) in [4.78, 5) is 0. The Kier molecular flexibility index (Phi) is 3.96. The Balaban J connectivity index is 1.24. The van der Waals surface area contributed by atoms with Gasteiger partial charge in [0.2, 0.25) is 0 Å². The van der Waals surface area contributed by atoms with Gasteiger partial charge in [0, 0.05) is 40.3 Å². The first-order valence-corrected chi connectivity index (χ1v) is 11.0. The van der Waals surface area contributed by atoms with Crippen molar-refractivity contribution < 1.29 is 9.31 Å². The molecule has 0 saturated heterocycles. The van der Waals surface area contributed by atoms with Crippen molar-refractivity contribution in [2.24, 2.45) is 0 Å². The summed E-state index contributed by atoms with van der Waals surface area (Å²) in [6, 6.07) is 29.2. The second-order valence-electron chi connectivity index (χ2n) is 6.84. The maximum absolute atomic E-state index is 5.78. The summed E-state index contributed by atoms with van der Waals surface area (Å²) in [7, 11) is 1.41. The van der Waals surface area contributed by atoms with Gasteiger partial charge in [0.1, 0.15) is 11.5 Å². The predicted octanol–water partition coefficient (Wildman–Crippen LogP) is 7.41. The molecule has 2 aromatic heterocycles. The zero-order valence-electron chi connectivity index (χ0n) is 15.3. The van der Waals surface area contributed by atoms with Gasteiger partial charge in [-0.2, -0.15) is 0 Å². The lowest BCUT2D eigenvalue weighted by atomic mass is 10.1. The van der Waals surface area contributed by atoms with E-state index in [0.29, 0.717) is 0 Å². The van der Waals surface area contributed by atoms with Crippen LogP contribution in [0, 0.1) is 0 Å². The van der Waals surface area contributed by atoms with Gasteiger partial charge in [-0.05, 0) is 48.5 Å². The number of benzene rings is 4. The van der Waals surface area contributed by atoms with Crippen LogP contribution in [0.1, 0.15) is 0 Å². The molecule has 1 radical (unpaired) electrons. The van der Waals surface area contributed by atoms with E-state index in [2.05, 4.69) is 72.8 Å². The SMILES string of the molecule is [B](Oc1ccc2sc3ccccc3c2c1)Oc1ccc2sc3ccccc3c2c1. The fraction of sp³-hybridized carbons (Fsp3) is 0. The molecule has 29 heavy (non-hydrogen) atoms. The minimum atomic E-state index is 0.767. The minimum Gasteiger partial charge on any atom is -0.526 e. The fourth-order valence-electron chi connectivity index (χ4n) is 3.69. The average Bonchev–Trinajstić information content (AvgIpc) is 3.31. The van der Waals surface area contributed by atoms with Crippen LogP contribution in [0.15, 0.2) is 84.9 Å². The molecule has 0 bridgehead atoms. The molecule has 6 aromatic rings. The third kappa shape index (κ3) is 2.94. The lowest BCUT2D eigenvalue weighted by Crippen LogP contribution is -2.10. The molecule has 0 aliphatic rings. The molecule has 6 rings (SSSR count). The van der Waals surface area contributed by atoms with Crippen LogP contribution >= 0.6 is 22.7 Å². The summed E-state index contributed by atoms with van der Waals surface area (Å²) in [5, 5.41) is 4.94. The number of rotatable bonds is 4. The smallest absolute Gasteiger partial charge is 0.526 e. The van der Waals surface area contributed by atoms with Gasteiger partial charge in [-0.3, -0.25) is 0 Å². The van der Waals surface area contributed by atoms with Crippen LogP contribution in [0.2, 0.25) is 0 Å². The van der Waals surface area contributed by atoms with Crippen molar-refractivity contribution in [3.8, 4) is 11.5 Å². The van der Waals surface area contributed by atoms with Crippen LogP contribution in [0.4, 0.5) is 0 Å². The van der Waals surface area contributed by atoms with Crippen molar-refractivity contribution in [1.29, 1.82) is 0 Å². The van der Waals surface area contributed by atoms with E-state index in [0.717, 1.165) is 11.5 Å². The van der Waals surface area contributed by atoms with Gasteiger partial charge in [0.25, 0.3) is 0 Å². The Morgan fingerprint density at radius 3 is 1.45 bits per heavy atom. The van der Waals surface area contributed by atoms with E-state index in [1.165, 1.54) is 48.0 Å². The molecular formula is C24H14BO2S2. The van der Waals surface area contributed by atoms with Crippen molar-refractivity contribution in [3.63, 3.8) is 0 Å². The molecule has 4 aromatic carbocycles. The van der Waals surface area contributed by atoms with Crippen LogP contribution in [-0.2, 0) is 0 Å². The largest absolute Gasteiger partial charge is 0.658 e. The highest BCUT2D eigenvalue weighted by molar-refractivity contribution is 7.26. The molecule has 0 spiro atoms. The van der Waals surface area contributed by atoms with Gasteiger partial charge in [0.05, 0.1) is 0 Å². The summed E-state index contributed by atoms with van der Waals surface area (Å²) in [5.41, 5.74) is 0. The normalized spacial score (nSPS) is 11.4. The van der Waals surface area contributed by atoms with Crippen molar-refractivity contribution in [3.05, 3.63) is 84.9 Å². The summed E-state index contributed by atoms with van der Waals surface area (Å²) in [5.74, 6) is 1.53. The maximum atomic E-state index is 5.78. The Labute approximate surface area is 176 Å². The number of hydrogen-bond acceptors (Lipinski definition) is 4. The summed E-state index contributed by atoms with van der Waals surface area (Å²) in [6.07, 6.45) is 0. The van der Waals surface area contributed by atoms with Crippen LogP contribution in [-0.4, -0.2) is 7.69 Å².